The molecule has 6 heteroatoms. The number of hydrogen-bond donors (Lipinski definition) is 2. The van der Waals surface area contributed by atoms with Gasteiger partial charge in [0.15, 0.2) is 0 Å². The van der Waals surface area contributed by atoms with E-state index in [4.69, 9.17) is 5.11 Å². The SMILES string of the molecule is CCCn1cncc1C(O)c1sccc1C(=O)O. The number of aromatic carboxylic acids is 1. The fraction of sp³-hybridized carbons (Fsp3) is 0.333. The maximum Gasteiger partial charge on any atom is 0.336 e. The first-order valence-corrected chi connectivity index (χ1v) is 6.51. The van der Waals surface area contributed by atoms with Crippen molar-refractivity contribution < 1.29 is 15.0 Å². The zero-order chi connectivity index (χ0) is 13.1. The second-order valence-corrected chi connectivity index (χ2v) is 4.87. The topological polar surface area (TPSA) is 75.3 Å². The maximum absolute atomic E-state index is 11.0. The number of aryl methyl sites for hydroxylation is 1. The second kappa shape index (κ2) is 5.32. The Balaban J connectivity index is 2.35. The van der Waals surface area contributed by atoms with Crippen molar-refractivity contribution in [2.24, 2.45) is 0 Å². The summed E-state index contributed by atoms with van der Waals surface area (Å²) in [4.78, 5) is 15.5. The van der Waals surface area contributed by atoms with Crippen molar-refractivity contribution in [2.75, 3.05) is 0 Å². The van der Waals surface area contributed by atoms with Gasteiger partial charge in [0.05, 0.1) is 28.7 Å². The van der Waals surface area contributed by atoms with E-state index in [9.17, 15) is 9.90 Å². The number of nitrogens with zero attached hydrogens (tertiary/aromatic N) is 2. The van der Waals surface area contributed by atoms with Crippen LogP contribution in [0.4, 0.5) is 0 Å². The summed E-state index contributed by atoms with van der Waals surface area (Å²) in [5, 5.41) is 21.0. The van der Waals surface area contributed by atoms with Gasteiger partial charge in [-0.1, -0.05) is 6.92 Å². The molecule has 2 heterocycles. The summed E-state index contributed by atoms with van der Waals surface area (Å²) in [5.74, 6) is -1.02. The van der Waals surface area contributed by atoms with Crippen LogP contribution in [0.2, 0.25) is 0 Å². The number of aliphatic hydroxyl groups is 1. The maximum atomic E-state index is 11.0. The molecule has 0 saturated heterocycles. The van der Waals surface area contributed by atoms with E-state index in [1.54, 1.807) is 17.9 Å². The number of hydrogen-bond acceptors (Lipinski definition) is 4. The van der Waals surface area contributed by atoms with Crippen LogP contribution in [-0.2, 0) is 6.54 Å². The molecule has 1 atom stereocenters. The van der Waals surface area contributed by atoms with E-state index in [0.29, 0.717) is 10.6 Å². The highest BCUT2D eigenvalue weighted by molar-refractivity contribution is 7.10. The highest BCUT2D eigenvalue weighted by Gasteiger charge is 2.22. The Bertz CT molecular complexity index is 547. The molecule has 96 valence electrons. The van der Waals surface area contributed by atoms with Gasteiger partial charge in [-0.05, 0) is 17.9 Å². The largest absolute Gasteiger partial charge is 0.478 e. The number of aliphatic hydroxyl groups excluding tert-OH is 1. The van der Waals surface area contributed by atoms with Crippen LogP contribution in [0.3, 0.4) is 0 Å². The van der Waals surface area contributed by atoms with Gasteiger partial charge in [0.1, 0.15) is 6.10 Å². The first-order valence-electron chi connectivity index (χ1n) is 5.64. The number of carboxylic acid groups (broad SMARTS) is 1. The summed E-state index contributed by atoms with van der Waals surface area (Å²) in [6.07, 6.45) is 3.21. The average Bonchev–Trinajstić information content (AvgIpc) is 2.96. The molecule has 0 aromatic carbocycles. The molecule has 18 heavy (non-hydrogen) atoms. The lowest BCUT2D eigenvalue weighted by Crippen LogP contribution is -2.10. The Hall–Kier alpha value is -1.66. The van der Waals surface area contributed by atoms with Crippen LogP contribution in [0.25, 0.3) is 0 Å². The Morgan fingerprint density at radius 1 is 1.61 bits per heavy atom. The molecule has 0 fully saturated rings. The lowest BCUT2D eigenvalue weighted by atomic mass is 10.1. The Labute approximate surface area is 108 Å². The van der Waals surface area contributed by atoms with Crippen LogP contribution >= 0.6 is 11.3 Å². The predicted octanol–water partition coefficient (Wildman–Crippen LogP) is 2.13. The van der Waals surface area contributed by atoms with E-state index in [1.807, 2.05) is 11.5 Å². The van der Waals surface area contributed by atoms with Crippen molar-refractivity contribution in [3.8, 4) is 0 Å². The minimum atomic E-state index is -1.02. The normalized spacial score (nSPS) is 12.6. The molecule has 0 saturated carbocycles. The van der Waals surface area contributed by atoms with Crippen molar-refractivity contribution in [3.63, 3.8) is 0 Å². The van der Waals surface area contributed by atoms with Crippen molar-refractivity contribution in [1.29, 1.82) is 0 Å². The third-order valence-corrected chi connectivity index (χ3v) is 3.63. The zero-order valence-electron chi connectivity index (χ0n) is 9.91. The van der Waals surface area contributed by atoms with Gasteiger partial charge in [-0.15, -0.1) is 11.3 Å². The lowest BCUT2D eigenvalue weighted by Gasteiger charge is -2.12. The van der Waals surface area contributed by atoms with Gasteiger partial charge in [0.2, 0.25) is 0 Å². The summed E-state index contributed by atoms with van der Waals surface area (Å²) in [7, 11) is 0. The Kier molecular flexibility index (Phi) is 3.78. The fourth-order valence-corrected chi connectivity index (χ4v) is 2.71. The molecule has 0 amide bonds. The minimum absolute atomic E-state index is 0.150. The van der Waals surface area contributed by atoms with Crippen LogP contribution in [0.5, 0.6) is 0 Å². The molecule has 5 nitrogen and oxygen atoms in total. The molecule has 2 aromatic rings. The quantitative estimate of drug-likeness (QED) is 0.869. The summed E-state index contributed by atoms with van der Waals surface area (Å²) in [5.41, 5.74) is 0.776. The van der Waals surface area contributed by atoms with Crippen molar-refractivity contribution in [3.05, 3.63) is 40.1 Å². The van der Waals surface area contributed by atoms with E-state index in [-0.39, 0.29) is 5.56 Å². The molecular formula is C12H14N2O3S. The molecule has 0 spiro atoms. The smallest absolute Gasteiger partial charge is 0.336 e. The number of rotatable bonds is 5. The van der Waals surface area contributed by atoms with Gasteiger partial charge in [-0.3, -0.25) is 0 Å². The highest BCUT2D eigenvalue weighted by atomic mass is 32.1. The molecule has 1 unspecified atom stereocenters. The third-order valence-electron chi connectivity index (χ3n) is 2.66. The van der Waals surface area contributed by atoms with Crippen LogP contribution < -0.4 is 0 Å². The molecule has 0 aliphatic rings. The fourth-order valence-electron chi connectivity index (χ4n) is 1.83. The summed E-state index contributed by atoms with van der Waals surface area (Å²) < 4.78 is 1.84. The third kappa shape index (κ3) is 2.30. The Morgan fingerprint density at radius 2 is 2.39 bits per heavy atom. The first kappa shape index (κ1) is 12.8. The van der Waals surface area contributed by atoms with Gasteiger partial charge in [-0.2, -0.15) is 0 Å². The number of carboxylic acids is 1. The van der Waals surface area contributed by atoms with Gasteiger partial charge in [-0.25, -0.2) is 9.78 Å². The molecule has 2 N–H and O–H groups in total. The molecule has 2 aromatic heterocycles. The van der Waals surface area contributed by atoms with E-state index in [2.05, 4.69) is 4.98 Å². The number of thiophene rings is 1. The van der Waals surface area contributed by atoms with Crippen LogP contribution in [0.15, 0.2) is 24.0 Å². The molecule has 0 aliphatic heterocycles. The zero-order valence-corrected chi connectivity index (χ0v) is 10.7. The lowest BCUT2D eigenvalue weighted by molar-refractivity contribution is 0.0692. The van der Waals surface area contributed by atoms with Gasteiger partial charge >= 0.3 is 5.97 Å². The highest BCUT2D eigenvalue weighted by Crippen LogP contribution is 2.29. The standard InChI is InChI=1S/C12H14N2O3S/c1-2-4-14-7-13-6-9(14)10(15)11-8(12(16)17)3-5-18-11/h3,5-7,10,15H,2,4H2,1H3,(H,16,17). The minimum Gasteiger partial charge on any atom is -0.478 e. The number of carbonyl (C=O) groups is 1. The van der Waals surface area contributed by atoms with E-state index >= 15 is 0 Å². The van der Waals surface area contributed by atoms with Gasteiger partial charge in [0, 0.05) is 6.54 Å². The molecular weight excluding hydrogens is 252 g/mol. The summed E-state index contributed by atoms with van der Waals surface area (Å²) >= 11 is 1.24. The van der Waals surface area contributed by atoms with Gasteiger partial charge in [0.25, 0.3) is 0 Å². The summed E-state index contributed by atoms with van der Waals surface area (Å²) in [6.45, 7) is 2.78. The van der Waals surface area contributed by atoms with Crippen LogP contribution in [0, 0.1) is 0 Å². The monoisotopic (exact) mass is 266 g/mol. The van der Waals surface area contributed by atoms with Crippen molar-refractivity contribution in [1.82, 2.24) is 9.55 Å². The molecule has 0 radical (unpaired) electrons. The first-order chi connectivity index (χ1) is 8.65. The number of aromatic nitrogens is 2. The predicted molar refractivity (Wildman–Crippen MR) is 67.9 cm³/mol. The average molecular weight is 266 g/mol. The molecule has 0 bridgehead atoms. The Morgan fingerprint density at radius 3 is 3.06 bits per heavy atom. The van der Waals surface area contributed by atoms with Gasteiger partial charge < -0.3 is 14.8 Å². The summed E-state index contributed by atoms with van der Waals surface area (Å²) in [6, 6.07) is 1.51. The van der Waals surface area contributed by atoms with E-state index in [1.165, 1.54) is 17.4 Å². The van der Waals surface area contributed by atoms with E-state index in [0.717, 1.165) is 13.0 Å². The molecule has 2 rings (SSSR count). The van der Waals surface area contributed by atoms with E-state index < -0.39 is 12.1 Å². The molecule has 0 aliphatic carbocycles. The number of imidazole rings is 1. The van der Waals surface area contributed by atoms with Crippen molar-refractivity contribution in [2.45, 2.75) is 26.0 Å². The van der Waals surface area contributed by atoms with Crippen molar-refractivity contribution >= 4 is 17.3 Å². The van der Waals surface area contributed by atoms with Crippen LogP contribution in [-0.4, -0.2) is 25.7 Å². The van der Waals surface area contributed by atoms with Crippen LogP contribution in [0.1, 0.15) is 40.4 Å². The second-order valence-electron chi connectivity index (χ2n) is 3.92.